The van der Waals surface area contributed by atoms with E-state index in [1.807, 2.05) is 4.90 Å². The van der Waals surface area contributed by atoms with Crippen molar-refractivity contribution >= 4 is 28.1 Å². The Labute approximate surface area is 111 Å². The monoisotopic (exact) mass is 281 g/mol. The molecule has 2 N–H and O–H groups in total. The lowest BCUT2D eigenvalue weighted by molar-refractivity contribution is 0.0695. The summed E-state index contributed by atoms with van der Waals surface area (Å²) in [4.78, 5) is 29.4. The molecule has 0 atom stereocenters. The van der Waals surface area contributed by atoms with E-state index in [1.165, 1.54) is 6.07 Å². The molecular weight excluding hydrogens is 270 g/mol. The van der Waals surface area contributed by atoms with Crippen molar-refractivity contribution in [3.63, 3.8) is 0 Å². The number of carboxylic acids is 1. The summed E-state index contributed by atoms with van der Waals surface area (Å²) >= 11 is 0.897. The fraction of sp³-hybridized carbons (Fsp3) is 0.400. The van der Waals surface area contributed by atoms with Gasteiger partial charge in [-0.2, -0.15) is 4.52 Å². The number of aromatic nitrogens is 3. The Morgan fingerprint density at radius 3 is 2.84 bits per heavy atom. The molecule has 2 aromatic rings. The predicted octanol–water partition coefficient (Wildman–Crippen LogP) is -0.741. The summed E-state index contributed by atoms with van der Waals surface area (Å²) in [6.07, 6.45) is 0. The molecule has 19 heavy (non-hydrogen) atoms. The molecule has 2 aromatic heterocycles. The molecule has 0 unspecified atom stereocenters. The van der Waals surface area contributed by atoms with Gasteiger partial charge in [0.2, 0.25) is 9.97 Å². The fourth-order valence-corrected chi connectivity index (χ4v) is 2.68. The number of piperazine rings is 1. The van der Waals surface area contributed by atoms with Crippen LogP contribution in [0.4, 0.5) is 5.82 Å². The first-order chi connectivity index (χ1) is 9.15. The summed E-state index contributed by atoms with van der Waals surface area (Å²) in [5.41, 5.74) is -0.359. The molecule has 3 rings (SSSR count). The number of anilines is 1. The average Bonchev–Trinajstić information content (AvgIpc) is 2.84. The Morgan fingerprint density at radius 1 is 1.42 bits per heavy atom. The molecule has 0 aromatic carbocycles. The molecule has 8 nitrogen and oxygen atoms in total. The van der Waals surface area contributed by atoms with E-state index in [1.54, 1.807) is 0 Å². The average molecular weight is 281 g/mol. The minimum Gasteiger partial charge on any atom is -0.476 e. The molecule has 0 radical (unpaired) electrons. The van der Waals surface area contributed by atoms with Gasteiger partial charge in [0.25, 0.3) is 5.56 Å². The maximum atomic E-state index is 11.9. The zero-order valence-electron chi connectivity index (χ0n) is 9.87. The number of nitrogens with zero attached hydrogens (tertiary/aromatic N) is 4. The molecule has 0 aliphatic carbocycles. The smallest absolute Gasteiger partial charge is 0.367 e. The quantitative estimate of drug-likeness (QED) is 0.747. The highest BCUT2D eigenvalue weighted by Gasteiger charge is 2.17. The summed E-state index contributed by atoms with van der Waals surface area (Å²) in [5.74, 6) is -0.578. The van der Waals surface area contributed by atoms with E-state index in [-0.39, 0.29) is 10.6 Å². The van der Waals surface area contributed by atoms with E-state index in [2.05, 4.69) is 15.4 Å². The highest BCUT2D eigenvalue weighted by atomic mass is 32.1. The van der Waals surface area contributed by atoms with Gasteiger partial charge in [-0.3, -0.25) is 4.79 Å². The molecule has 100 valence electrons. The molecule has 1 aliphatic heterocycles. The van der Waals surface area contributed by atoms with E-state index < -0.39 is 5.97 Å². The van der Waals surface area contributed by atoms with Crippen LogP contribution in [0, 0.1) is 0 Å². The van der Waals surface area contributed by atoms with Crippen LogP contribution in [-0.2, 0) is 0 Å². The Hall–Kier alpha value is -2.00. The first-order valence-electron chi connectivity index (χ1n) is 5.75. The van der Waals surface area contributed by atoms with Gasteiger partial charge in [-0.25, -0.2) is 9.78 Å². The number of hydrogen-bond acceptors (Lipinski definition) is 7. The molecule has 9 heteroatoms. The molecule has 0 saturated carbocycles. The van der Waals surface area contributed by atoms with Gasteiger partial charge in [0.15, 0.2) is 0 Å². The van der Waals surface area contributed by atoms with Crippen LogP contribution < -0.4 is 15.8 Å². The Kier molecular flexibility index (Phi) is 2.91. The van der Waals surface area contributed by atoms with Gasteiger partial charge in [-0.15, -0.1) is 5.10 Å². The number of hydrogen-bond donors (Lipinski definition) is 2. The Bertz CT molecular complexity index is 688. The van der Waals surface area contributed by atoms with E-state index in [4.69, 9.17) is 5.11 Å². The Balaban J connectivity index is 2.07. The highest BCUT2D eigenvalue weighted by molar-refractivity contribution is 7.18. The first kappa shape index (κ1) is 12.1. The van der Waals surface area contributed by atoms with Gasteiger partial charge in [0.05, 0.1) is 0 Å². The molecule has 3 heterocycles. The van der Waals surface area contributed by atoms with Crippen LogP contribution in [0.2, 0.25) is 0 Å². The molecule has 1 saturated heterocycles. The molecule has 0 bridgehead atoms. The number of carbonyl (C=O) groups is 1. The summed E-state index contributed by atoms with van der Waals surface area (Å²) < 4.78 is 1.03. The third-order valence-electron chi connectivity index (χ3n) is 2.86. The maximum absolute atomic E-state index is 11.9. The van der Waals surface area contributed by atoms with E-state index in [9.17, 15) is 9.59 Å². The van der Waals surface area contributed by atoms with Gasteiger partial charge < -0.3 is 15.3 Å². The van der Waals surface area contributed by atoms with Crippen LogP contribution in [0.3, 0.4) is 0 Å². The Morgan fingerprint density at radius 2 is 2.16 bits per heavy atom. The minimum absolute atomic E-state index is 0.137. The van der Waals surface area contributed by atoms with Crippen molar-refractivity contribution in [3.8, 4) is 0 Å². The largest absolute Gasteiger partial charge is 0.476 e. The fourth-order valence-electron chi connectivity index (χ4n) is 1.94. The summed E-state index contributed by atoms with van der Waals surface area (Å²) in [6.45, 7) is 3.22. The van der Waals surface area contributed by atoms with Crippen molar-refractivity contribution in [2.75, 3.05) is 31.1 Å². The van der Waals surface area contributed by atoms with Gasteiger partial charge in [-0.05, 0) is 0 Å². The third-order valence-corrected chi connectivity index (χ3v) is 3.75. The van der Waals surface area contributed by atoms with Crippen LogP contribution in [0.1, 0.15) is 9.80 Å². The molecule has 1 fully saturated rings. The number of nitrogens with one attached hydrogen (secondary N) is 1. The molecular formula is C10H11N5O3S. The van der Waals surface area contributed by atoms with Gasteiger partial charge >= 0.3 is 5.97 Å². The zero-order valence-corrected chi connectivity index (χ0v) is 10.7. The van der Waals surface area contributed by atoms with Crippen LogP contribution in [0.25, 0.3) is 4.96 Å². The third kappa shape index (κ3) is 2.17. The number of carboxylic acid groups (broad SMARTS) is 1. The van der Waals surface area contributed by atoms with Crippen molar-refractivity contribution in [1.82, 2.24) is 19.9 Å². The highest BCUT2D eigenvalue weighted by Crippen LogP contribution is 2.15. The van der Waals surface area contributed by atoms with Crippen LogP contribution >= 0.6 is 11.3 Å². The number of fused-ring (bicyclic) bond motifs is 1. The normalized spacial score (nSPS) is 15.9. The predicted molar refractivity (Wildman–Crippen MR) is 69.2 cm³/mol. The second kappa shape index (κ2) is 4.59. The van der Waals surface area contributed by atoms with Crippen LogP contribution in [0.5, 0.6) is 0 Å². The van der Waals surface area contributed by atoms with E-state index in [0.29, 0.717) is 10.8 Å². The van der Waals surface area contributed by atoms with Crippen molar-refractivity contribution in [3.05, 3.63) is 21.4 Å². The topological polar surface area (TPSA) is 99.8 Å². The van der Waals surface area contributed by atoms with Gasteiger partial charge in [-0.1, -0.05) is 11.3 Å². The molecule has 1 aliphatic rings. The lowest BCUT2D eigenvalue weighted by Crippen LogP contribution is -2.44. The van der Waals surface area contributed by atoms with Crippen molar-refractivity contribution in [2.24, 2.45) is 0 Å². The van der Waals surface area contributed by atoms with E-state index >= 15 is 0 Å². The second-order valence-electron chi connectivity index (χ2n) is 4.10. The standard InChI is InChI=1S/C10H11N5O3S/c16-7-5-6(14-3-1-11-2-4-14)12-10-15(7)13-8(19-10)9(17)18/h5,11H,1-4H2,(H,17,18). The summed E-state index contributed by atoms with van der Waals surface area (Å²) in [7, 11) is 0. The lowest BCUT2D eigenvalue weighted by atomic mass is 10.3. The van der Waals surface area contributed by atoms with Crippen molar-refractivity contribution < 1.29 is 9.90 Å². The van der Waals surface area contributed by atoms with E-state index in [0.717, 1.165) is 42.0 Å². The number of rotatable bonds is 2. The summed E-state index contributed by atoms with van der Waals surface area (Å²) in [6, 6.07) is 1.39. The van der Waals surface area contributed by atoms with Gasteiger partial charge in [0.1, 0.15) is 5.82 Å². The zero-order chi connectivity index (χ0) is 13.4. The van der Waals surface area contributed by atoms with Crippen molar-refractivity contribution in [1.29, 1.82) is 0 Å². The molecule has 0 amide bonds. The molecule has 0 spiro atoms. The van der Waals surface area contributed by atoms with Crippen molar-refractivity contribution in [2.45, 2.75) is 0 Å². The first-order valence-corrected chi connectivity index (χ1v) is 6.57. The van der Waals surface area contributed by atoms with Crippen LogP contribution in [0.15, 0.2) is 10.9 Å². The maximum Gasteiger partial charge on any atom is 0.367 e. The van der Waals surface area contributed by atoms with Crippen LogP contribution in [-0.4, -0.2) is 51.9 Å². The second-order valence-corrected chi connectivity index (χ2v) is 5.05. The lowest BCUT2D eigenvalue weighted by Gasteiger charge is -2.27. The summed E-state index contributed by atoms with van der Waals surface area (Å²) in [5, 5.41) is 15.7. The van der Waals surface area contributed by atoms with Gasteiger partial charge in [0, 0.05) is 32.2 Å². The minimum atomic E-state index is -1.15. The SMILES string of the molecule is O=C(O)c1nn2c(=O)cc(N3CCNCC3)nc2s1. The number of aromatic carboxylic acids is 1.